The number of benzene rings is 2. The fourth-order valence-electron chi connectivity index (χ4n) is 2.50. The van der Waals surface area contributed by atoms with E-state index in [1.807, 2.05) is 0 Å². The molecular weight excluding hydrogens is 371 g/mol. The number of aryl methyl sites for hydroxylation is 1. The molecule has 0 atom stereocenters. The highest BCUT2D eigenvalue weighted by atomic mass is 35.5. The molecule has 0 bridgehead atoms. The van der Waals surface area contributed by atoms with Crippen molar-refractivity contribution in [2.45, 2.75) is 6.92 Å². The highest BCUT2D eigenvalue weighted by molar-refractivity contribution is 6.32. The van der Waals surface area contributed by atoms with Gasteiger partial charge in [-0.15, -0.1) is 0 Å². The number of imide groups is 1. The second kappa shape index (κ2) is 7.68. The molecule has 0 aliphatic carbocycles. The third-order valence-corrected chi connectivity index (χ3v) is 4.21. The molecule has 0 fully saturated rings. The Morgan fingerprint density at radius 3 is 1.85 bits per heavy atom. The van der Waals surface area contributed by atoms with Gasteiger partial charge in [0.1, 0.15) is 5.82 Å². The minimum absolute atomic E-state index is 0.266. The van der Waals surface area contributed by atoms with Crippen LogP contribution in [0.15, 0.2) is 66.9 Å². The molecule has 26 heavy (non-hydrogen) atoms. The summed E-state index contributed by atoms with van der Waals surface area (Å²) in [6.07, 6.45) is 1.53. The summed E-state index contributed by atoms with van der Waals surface area (Å²) in [5, 5.41) is 0.812. The Labute approximate surface area is 161 Å². The van der Waals surface area contributed by atoms with Crippen molar-refractivity contribution in [2.24, 2.45) is 0 Å². The van der Waals surface area contributed by atoms with Crippen molar-refractivity contribution in [1.29, 1.82) is 0 Å². The maximum atomic E-state index is 13.1. The number of anilines is 1. The van der Waals surface area contributed by atoms with E-state index in [-0.39, 0.29) is 16.9 Å². The zero-order valence-electron chi connectivity index (χ0n) is 13.8. The van der Waals surface area contributed by atoms with Gasteiger partial charge < -0.3 is 0 Å². The van der Waals surface area contributed by atoms with Gasteiger partial charge in [0.05, 0.1) is 0 Å². The number of amides is 2. The van der Waals surface area contributed by atoms with Crippen LogP contribution in [0.25, 0.3) is 0 Å². The predicted octanol–water partition coefficient (Wildman–Crippen LogP) is 5.18. The summed E-state index contributed by atoms with van der Waals surface area (Å²) in [4.78, 5) is 31.5. The van der Waals surface area contributed by atoms with Gasteiger partial charge in [0.25, 0.3) is 11.8 Å². The molecule has 2 amide bonds. The number of nitrogens with zero attached hydrogens (tertiary/aromatic N) is 2. The molecule has 0 N–H and O–H groups in total. The van der Waals surface area contributed by atoms with E-state index in [2.05, 4.69) is 4.98 Å². The Kier molecular flexibility index (Phi) is 5.35. The number of carbonyl (C=O) groups excluding carboxylic acids is 2. The van der Waals surface area contributed by atoms with Crippen LogP contribution in [0, 0.1) is 6.92 Å². The monoisotopic (exact) mass is 384 g/mol. The summed E-state index contributed by atoms with van der Waals surface area (Å²) in [5.41, 5.74) is 1.27. The Hall–Kier alpha value is -2.69. The first-order valence-electron chi connectivity index (χ1n) is 7.79. The van der Waals surface area contributed by atoms with Crippen molar-refractivity contribution in [3.63, 3.8) is 0 Å². The lowest BCUT2D eigenvalue weighted by Gasteiger charge is -2.22. The first-order valence-corrected chi connectivity index (χ1v) is 8.54. The van der Waals surface area contributed by atoms with Crippen LogP contribution < -0.4 is 4.90 Å². The second-order valence-corrected chi connectivity index (χ2v) is 6.48. The Bertz CT molecular complexity index is 931. The van der Waals surface area contributed by atoms with Gasteiger partial charge in [0.15, 0.2) is 0 Å². The van der Waals surface area contributed by atoms with Gasteiger partial charge >= 0.3 is 0 Å². The number of rotatable bonds is 3. The van der Waals surface area contributed by atoms with Crippen molar-refractivity contribution >= 4 is 40.8 Å². The summed E-state index contributed by atoms with van der Waals surface area (Å²) in [6.45, 7) is 1.78. The number of halogens is 2. The molecule has 2 aromatic carbocycles. The number of hydrogen-bond donors (Lipinski definition) is 0. The maximum Gasteiger partial charge on any atom is 0.266 e. The standard InChI is InChI=1S/C20H14Cl2N2O2/c1-13-5-4-10-23-18(13)24(19(25)14-6-2-8-16(21)11-14)20(26)15-7-3-9-17(22)12-15/h2-12H,1H3. The molecule has 3 rings (SSSR count). The molecule has 0 saturated carbocycles. The lowest BCUT2D eigenvalue weighted by Crippen LogP contribution is -2.38. The van der Waals surface area contributed by atoms with Crippen molar-refractivity contribution in [3.05, 3.63) is 93.6 Å². The van der Waals surface area contributed by atoms with Crippen LogP contribution in [0.5, 0.6) is 0 Å². The summed E-state index contributed by atoms with van der Waals surface area (Å²) in [7, 11) is 0. The third kappa shape index (κ3) is 3.77. The van der Waals surface area contributed by atoms with Crippen molar-refractivity contribution in [1.82, 2.24) is 4.98 Å². The Morgan fingerprint density at radius 1 is 0.846 bits per heavy atom. The smallest absolute Gasteiger partial charge is 0.266 e. The lowest BCUT2D eigenvalue weighted by molar-refractivity contribution is 0.0896. The number of carbonyl (C=O) groups is 2. The van der Waals surface area contributed by atoms with Crippen LogP contribution in [0.4, 0.5) is 5.82 Å². The van der Waals surface area contributed by atoms with Gasteiger partial charge in [-0.1, -0.05) is 41.4 Å². The van der Waals surface area contributed by atoms with Gasteiger partial charge in [0.2, 0.25) is 0 Å². The normalized spacial score (nSPS) is 10.4. The van der Waals surface area contributed by atoms with Crippen LogP contribution in [0.2, 0.25) is 10.0 Å². The van der Waals surface area contributed by atoms with Gasteiger partial charge in [-0.05, 0) is 55.0 Å². The van der Waals surface area contributed by atoms with Crippen molar-refractivity contribution < 1.29 is 9.59 Å². The number of hydrogen-bond acceptors (Lipinski definition) is 3. The van der Waals surface area contributed by atoms with E-state index < -0.39 is 11.8 Å². The average Bonchev–Trinajstić information content (AvgIpc) is 2.63. The molecule has 4 nitrogen and oxygen atoms in total. The maximum absolute atomic E-state index is 13.1. The minimum Gasteiger partial charge on any atom is -0.268 e. The SMILES string of the molecule is Cc1cccnc1N(C(=O)c1cccc(Cl)c1)C(=O)c1cccc(Cl)c1. The number of pyridine rings is 1. The largest absolute Gasteiger partial charge is 0.268 e. The predicted molar refractivity (Wildman–Crippen MR) is 103 cm³/mol. The van der Waals surface area contributed by atoms with E-state index >= 15 is 0 Å². The molecule has 0 saturated heterocycles. The average molecular weight is 385 g/mol. The zero-order chi connectivity index (χ0) is 18.7. The van der Waals surface area contributed by atoms with Gasteiger partial charge in [-0.3, -0.25) is 9.59 Å². The Balaban J connectivity index is 2.12. The van der Waals surface area contributed by atoms with Gasteiger partial charge in [-0.2, -0.15) is 0 Å². The van der Waals surface area contributed by atoms with Crippen LogP contribution in [0.3, 0.4) is 0 Å². The second-order valence-electron chi connectivity index (χ2n) is 5.61. The summed E-state index contributed by atoms with van der Waals surface area (Å²) >= 11 is 12.0. The molecular formula is C20H14Cl2N2O2. The first kappa shape index (κ1) is 18.1. The molecule has 1 heterocycles. The molecule has 130 valence electrons. The number of aromatic nitrogens is 1. The molecule has 6 heteroatoms. The quantitative estimate of drug-likeness (QED) is 0.584. The molecule has 0 aliphatic heterocycles. The van der Waals surface area contributed by atoms with E-state index in [0.717, 1.165) is 4.90 Å². The molecule has 3 aromatic rings. The zero-order valence-corrected chi connectivity index (χ0v) is 15.3. The molecule has 0 aliphatic rings. The van der Waals surface area contributed by atoms with Gasteiger partial charge in [0, 0.05) is 27.4 Å². The third-order valence-electron chi connectivity index (χ3n) is 3.74. The van der Waals surface area contributed by atoms with E-state index in [0.29, 0.717) is 15.6 Å². The summed E-state index contributed by atoms with van der Waals surface area (Å²) in [6, 6.07) is 16.4. The van der Waals surface area contributed by atoms with Crippen molar-refractivity contribution in [2.75, 3.05) is 4.90 Å². The first-order chi connectivity index (χ1) is 12.5. The highest BCUT2D eigenvalue weighted by Crippen LogP contribution is 2.23. The summed E-state index contributed by atoms with van der Waals surface area (Å²) < 4.78 is 0. The minimum atomic E-state index is -0.515. The molecule has 0 unspecified atom stereocenters. The van der Waals surface area contributed by atoms with Crippen molar-refractivity contribution in [3.8, 4) is 0 Å². The molecule has 1 aromatic heterocycles. The highest BCUT2D eigenvalue weighted by Gasteiger charge is 2.28. The van der Waals surface area contributed by atoms with E-state index in [9.17, 15) is 9.59 Å². The molecule has 0 radical (unpaired) electrons. The van der Waals surface area contributed by atoms with E-state index in [1.165, 1.54) is 18.3 Å². The fourth-order valence-corrected chi connectivity index (χ4v) is 2.88. The van der Waals surface area contributed by atoms with E-state index in [4.69, 9.17) is 23.2 Å². The lowest BCUT2D eigenvalue weighted by atomic mass is 10.1. The van der Waals surface area contributed by atoms with Crippen LogP contribution >= 0.6 is 23.2 Å². The van der Waals surface area contributed by atoms with Crippen LogP contribution in [-0.2, 0) is 0 Å². The van der Waals surface area contributed by atoms with E-state index in [1.54, 1.807) is 55.5 Å². The topological polar surface area (TPSA) is 50.3 Å². The van der Waals surface area contributed by atoms with Gasteiger partial charge in [-0.25, -0.2) is 9.88 Å². The Morgan fingerprint density at radius 2 is 1.38 bits per heavy atom. The van der Waals surface area contributed by atoms with Crippen LogP contribution in [0.1, 0.15) is 26.3 Å². The molecule has 0 spiro atoms. The summed E-state index contributed by atoms with van der Waals surface area (Å²) in [5.74, 6) is -0.763. The van der Waals surface area contributed by atoms with Crippen LogP contribution in [-0.4, -0.2) is 16.8 Å². The fraction of sp³-hybridized carbons (Fsp3) is 0.0500.